The number of urea groups is 1. The highest BCUT2D eigenvalue weighted by Gasteiger charge is 2.28. The SMILES string of the molecule is CN(C)C(=O)N1CCNC(C)(C)C1. The largest absolute Gasteiger partial charge is 0.331 e. The number of nitrogens with one attached hydrogen (secondary N) is 1. The van der Waals surface area contributed by atoms with Crippen molar-refractivity contribution in [3.63, 3.8) is 0 Å². The van der Waals surface area contributed by atoms with Crippen LogP contribution in [0.5, 0.6) is 0 Å². The Kier molecular flexibility index (Phi) is 2.81. The predicted molar refractivity (Wildman–Crippen MR) is 52.7 cm³/mol. The number of rotatable bonds is 0. The Morgan fingerprint density at radius 1 is 1.46 bits per heavy atom. The maximum atomic E-state index is 11.6. The molecule has 1 aliphatic rings. The molecule has 0 saturated carbocycles. The lowest BCUT2D eigenvalue weighted by Gasteiger charge is -2.40. The highest BCUT2D eigenvalue weighted by atomic mass is 16.2. The number of nitrogens with zero attached hydrogens (tertiary/aromatic N) is 2. The van der Waals surface area contributed by atoms with Gasteiger partial charge in [-0.2, -0.15) is 0 Å². The molecule has 0 aliphatic carbocycles. The van der Waals surface area contributed by atoms with Crippen LogP contribution in [0.4, 0.5) is 4.79 Å². The first kappa shape index (κ1) is 10.3. The van der Waals surface area contributed by atoms with Crippen LogP contribution in [0.25, 0.3) is 0 Å². The molecule has 1 rings (SSSR count). The van der Waals surface area contributed by atoms with Gasteiger partial charge in [-0.05, 0) is 13.8 Å². The average molecular weight is 185 g/mol. The maximum absolute atomic E-state index is 11.6. The first-order valence-corrected chi connectivity index (χ1v) is 4.64. The monoisotopic (exact) mass is 185 g/mol. The molecule has 1 N–H and O–H groups in total. The topological polar surface area (TPSA) is 35.6 Å². The van der Waals surface area contributed by atoms with Crippen molar-refractivity contribution >= 4 is 6.03 Å². The van der Waals surface area contributed by atoms with Gasteiger partial charge in [0.05, 0.1) is 0 Å². The van der Waals surface area contributed by atoms with E-state index < -0.39 is 0 Å². The summed E-state index contributed by atoms with van der Waals surface area (Å²) < 4.78 is 0. The summed E-state index contributed by atoms with van der Waals surface area (Å²) >= 11 is 0. The summed E-state index contributed by atoms with van der Waals surface area (Å²) in [6, 6.07) is 0.106. The number of hydrogen-bond donors (Lipinski definition) is 1. The summed E-state index contributed by atoms with van der Waals surface area (Å²) in [7, 11) is 3.58. The van der Waals surface area contributed by atoms with E-state index in [-0.39, 0.29) is 11.6 Å². The number of hydrogen-bond acceptors (Lipinski definition) is 2. The minimum atomic E-state index is 0.0456. The van der Waals surface area contributed by atoms with Crippen LogP contribution >= 0.6 is 0 Å². The van der Waals surface area contributed by atoms with E-state index in [1.807, 2.05) is 4.90 Å². The van der Waals surface area contributed by atoms with Gasteiger partial charge in [0.15, 0.2) is 0 Å². The summed E-state index contributed by atoms with van der Waals surface area (Å²) in [6.07, 6.45) is 0. The van der Waals surface area contributed by atoms with Gasteiger partial charge < -0.3 is 15.1 Å². The average Bonchev–Trinajstić information content (AvgIpc) is 2.01. The Hall–Kier alpha value is -0.770. The molecule has 0 spiro atoms. The molecule has 1 heterocycles. The summed E-state index contributed by atoms with van der Waals surface area (Å²) in [5, 5.41) is 3.37. The van der Waals surface area contributed by atoms with Crippen molar-refractivity contribution < 1.29 is 4.79 Å². The molecule has 0 aromatic carbocycles. The minimum absolute atomic E-state index is 0.0456. The second-order valence-electron chi connectivity index (χ2n) is 4.41. The van der Waals surface area contributed by atoms with E-state index in [4.69, 9.17) is 0 Å². The van der Waals surface area contributed by atoms with Gasteiger partial charge in [-0.25, -0.2) is 4.79 Å². The second kappa shape index (κ2) is 3.54. The lowest BCUT2D eigenvalue weighted by atomic mass is 10.0. The third kappa shape index (κ3) is 2.59. The van der Waals surface area contributed by atoms with E-state index in [9.17, 15) is 4.79 Å². The Balaban J connectivity index is 2.57. The van der Waals surface area contributed by atoms with Crippen LogP contribution in [-0.2, 0) is 0 Å². The molecule has 13 heavy (non-hydrogen) atoms. The Morgan fingerprint density at radius 3 is 2.54 bits per heavy atom. The van der Waals surface area contributed by atoms with Gasteiger partial charge >= 0.3 is 6.03 Å². The Labute approximate surface area is 79.9 Å². The summed E-state index contributed by atoms with van der Waals surface area (Å²) in [5.74, 6) is 0. The van der Waals surface area contributed by atoms with Crippen molar-refractivity contribution in [3.05, 3.63) is 0 Å². The lowest BCUT2D eigenvalue weighted by Crippen LogP contribution is -2.59. The molecule has 0 unspecified atom stereocenters. The van der Waals surface area contributed by atoms with Crippen molar-refractivity contribution in [2.75, 3.05) is 33.7 Å². The van der Waals surface area contributed by atoms with Crippen LogP contribution < -0.4 is 5.32 Å². The number of amides is 2. The molecule has 1 aliphatic heterocycles. The van der Waals surface area contributed by atoms with Crippen LogP contribution in [0, 0.1) is 0 Å². The number of carbonyl (C=O) groups excluding carboxylic acids is 1. The molecule has 0 atom stereocenters. The van der Waals surface area contributed by atoms with Crippen LogP contribution in [0.1, 0.15) is 13.8 Å². The third-order valence-electron chi connectivity index (χ3n) is 2.22. The van der Waals surface area contributed by atoms with Crippen LogP contribution in [0.15, 0.2) is 0 Å². The van der Waals surface area contributed by atoms with E-state index in [1.54, 1.807) is 19.0 Å². The Morgan fingerprint density at radius 2 is 2.08 bits per heavy atom. The van der Waals surface area contributed by atoms with Gasteiger partial charge in [-0.15, -0.1) is 0 Å². The van der Waals surface area contributed by atoms with Gasteiger partial charge in [-0.3, -0.25) is 0 Å². The molecular weight excluding hydrogens is 166 g/mol. The van der Waals surface area contributed by atoms with Crippen LogP contribution in [0.2, 0.25) is 0 Å². The zero-order valence-corrected chi connectivity index (χ0v) is 8.92. The minimum Gasteiger partial charge on any atom is -0.331 e. The first-order chi connectivity index (χ1) is 5.92. The van der Waals surface area contributed by atoms with E-state index in [0.29, 0.717) is 0 Å². The third-order valence-corrected chi connectivity index (χ3v) is 2.22. The van der Waals surface area contributed by atoms with Gasteiger partial charge in [-0.1, -0.05) is 0 Å². The van der Waals surface area contributed by atoms with Gasteiger partial charge in [0, 0.05) is 39.3 Å². The molecule has 2 amide bonds. The van der Waals surface area contributed by atoms with Crippen molar-refractivity contribution in [3.8, 4) is 0 Å². The summed E-state index contributed by atoms with van der Waals surface area (Å²) in [6.45, 7) is 6.70. The first-order valence-electron chi connectivity index (χ1n) is 4.64. The highest BCUT2D eigenvalue weighted by molar-refractivity contribution is 5.74. The van der Waals surface area contributed by atoms with Gasteiger partial charge in [0.25, 0.3) is 0 Å². The smallest absolute Gasteiger partial charge is 0.319 e. The fourth-order valence-corrected chi connectivity index (χ4v) is 1.59. The van der Waals surface area contributed by atoms with E-state index in [2.05, 4.69) is 19.2 Å². The molecule has 0 radical (unpaired) electrons. The maximum Gasteiger partial charge on any atom is 0.319 e. The van der Waals surface area contributed by atoms with Crippen molar-refractivity contribution in [1.29, 1.82) is 0 Å². The van der Waals surface area contributed by atoms with Crippen LogP contribution in [-0.4, -0.2) is 55.1 Å². The fourth-order valence-electron chi connectivity index (χ4n) is 1.59. The zero-order valence-electron chi connectivity index (χ0n) is 8.92. The highest BCUT2D eigenvalue weighted by Crippen LogP contribution is 2.10. The molecule has 4 heteroatoms. The molecule has 0 aromatic rings. The van der Waals surface area contributed by atoms with Crippen molar-refractivity contribution in [1.82, 2.24) is 15.1 Å². The van der Waals surface area contributed by atoms with Gasteiger partial charge in [0.1, 0.15) is 0 Å². The lowest BCUT2D eigenvalue weighted by molar-refractivity contribution is 0.134. The predicted octanol–water partition coefficient (Wildman–Crippen LogP) is 0.352. The van der Waals surface area contributed by atoms with Crippen molar-refractivity contribution in [2.24, 2.45) is 0 Å². The van der Waals surface area contributed by atoms with E-state index >= 15 is 0 Å². The fraction of sp³-hybridized carbons (Fsp3) is 0.889. The Bertz CT molecular complexity index is 201. The zero-order chi connectivity index (χ0) is 10.1. The summed E-state index contributed by atoms with van der Waals surface area (Å²) in [5.41, 5.74) is 0.0456. The molecule has 0 bridgehead atoms. The normalized spacial score (nSPS) is 21.4. The number of carbonyl (C=O) groups is 1. The second-order valence-corrected chi connectivity index (χ2v) is 4.41. The quantitative estimate of drug-likeness (QED) is 0.591. The van der Waals surface area contributed by atoms with Crippen LogP contribution in [0.3, 0.4) is 0 Å². The standard InChI is InChI=1S/C9H19N3O/c1-9(2)7-12(6-5-10-9)8(13)11(3)4/h10H,5-7H2,1-4H3. The molecule has 1 saturated heterocycles. The molecule has 1 fully saturated rings. The molecule has 76 valence electrons. The molecule has 0 aromatic heterocycles. The van der Waals surface area contributed by atoms with E-state index in [0.717, 1.165) is 19.6 Å². The van der Waals surface area contributed by atoms with Gasteiger partial charge in [0.2, 0.25) is 0 Å². The molecular formula is C9H19N3O. The summed E-state index contributed by atoms with van der Waals surface area (Å²) in [4.78, 5) is 15.1. The molecule has 4 nitrogen and oxygen atoms in total. The van der Waals surface area contributed by atoms with E-state index in [1.165, 1.54) is 0 Å². The van der Waals surface area contributed by atoms with Crippen molar-refractivity contribution in [2.45, 2.75) is 19.4 Å². The number of piperazine rings is 1.